The van der Waals surface area contributed by atoms with Gasteiger partial charge in [-0.1, -0.05) is 30.3 Å². The van der Waals surface area contributed by atoms with Crippen molar-refractivity contribution in [2.75, 3.05) is 41.5 Å². The zero-order valence-corrected chi connectivity index (χ0v) is 17.2. The van der Waals surface area contributed by atoms with E-state index in [4.69, 9.17) is 14.2 Å². The third-order valence-corrected chi connectivity index (χ3v) is 4.42. The first-order valence-electron chi connectivity index (χ1n) is 9.35. The second kappa shape index (κ2) is 11.2. The van der Waals surface area contributed by atoms with E-state index in [1.165, 1.54) is 5.56 Å². The topological polar surface area (TPSA) is 60.0 Å². The van der Waals surface area contributed by atoms with Crippen LogP contribution in [0.15, 0.2) is 42.5 Å². The molecule has 0 spiro atoms. The Labute approximate surface area is 167 Å². The van der Waals surface area contributed by atoms with Crippen molar-refractivity contribution < 1.29 is 19.0 Å². The predicted octanol–water partition coefficient (Wildman–Crippen LogP) is 2.89. The molecule has 0 saturated carbocycles. The number of hydrogen-bond acceptors (Lipinski definition) is 5. The number of nitrogens with zero attached hydrogens (tertiary/aromatic N) is 1. The molecule has 0 aromatic heterocycles. The predicted molar refractivity (Wildman–Crippen MR) is 110 cm³/mol. The molecule has 0 fully saturated rings. The lowest BCUT2D eigenvalue weighted by Gasteiger charge is -2.17. The number of nitrogens with one attached hydrogen (secondary N) is 1. The SMILES string of the molecule is COc1cc(CC(=O)NCCCN(C)Cc2ccccc2)cc(OC)c1OC. The van der Waals surface area contributed by atoms with E-state index < -0.39 is 0 Å². The number of methoxy groups -OCH3 is 3. The maximum atomic E-state index is 12.3. The minimum absolute atomic E-state index is 0.0278. The van der Waals surface area contributed by atoms with Crippen molar-refractivity contribution in [1.82, 2.24) is 10.2 Å². The monoisotopic (exact) mass is 386 g/mol. The van der Waals surface area contributed by atoms with Crippen LogP contribution >= 0.6 is 0 Å². The highest BCUT2D eigenvalue weighted by atomic mass is 16.5. The minimum Gasteiger partial charge on any atom is -0.493 e. The zero-order chi connectivity index (χ0) is 20.4. The molecule has 28 heavy (non-hydrogen) atoms. The van der Waals surface area contributed by atoms with Crippen LogP contribution in [0.5, 0.6) is 17.2 Å². The molecule has 0 heterocycles. The Balaban J connectivity index is 1.78. The lowest BCUT2D eigenvalue weighted by Crippen LogP contribution is -2.29. The first kappa shape index (κ1) is 21.6. The molecular weight excluding hydrogens is 356 g/mol. The van der Waals surface area contributed by atoms with Crippen LogP contribution in [0.2, 0.25) is 0 Å². The van der Waals surface area contributed by atoms with Gasteiger partial charge in [-0.25, -0.2) is 0 Å². The second-order valence-electron chi connectivity index (χ2n) is 6.64. The third-order valence-electron chi connectivity index (χ3n) is 4.42. The van der Waals surface area contributed by atoms with Crippen molar-refractivity contribution in [1.29, 1.82) is 0 Å². The van der Waals surface area contributed by atoms with Gasteiger partial charge >= 0.3 is 0 Å². The lowest BCUT2D eigenvalue weighted by molar-refractivity contribution is -0.120. The van der Waals surface area contributed by atoms with Crippen LogP contribution in [-0.2, 0) is 17.8 Å². The Morgan fingerprint density at radius 3 is 2.18 bits per heavy atom. The molecule has 6 heteroatoms. The molecule has 0 radical (unpaired) electrons. The van der Waals surface area contributed by atoms with E-state index in [1.54, 1.807) is 33.5 Å². The summed E-state index contributed by atoms with van der Waals surface area (Å²) >= 11 is 0. The fourth-order valence-electron chi connectivity index (χ4n) is 3.04. The van der Waals surface area contributed by atoms with Crippen LogP contribution in [0, 0.1) is 0 Å². The van der Waals surface area contributed by atoms with E-state index in [9.17, 15) is 4.79 Å². The van der Waals surface area contributed by atoms with E-state index in [2.05, 4.69) is 29.4 Å². The van der Waals surface area contributed by atoms with Gasteiger partial charge in [0, 0.05) is 13.1 Å². The molecule has 6 nitrogen and oxygen atoms in total. The zero-order valence-electron chi connectivity index (χ0n) is 17.2. The quantitative estimate of drug-likeness (QED) is 0.602. The fourth-order valence-corrected chi connectivity index (χ4v) is 3.04. The minimum atomic E-state index is -0.0278. The molecule has 152 valence electrons. The molecule has 0 aliphatic rings. The van der Waals surface area contributed by atoms with Gasteiger partial charge in [0.15, 0.2) is 11.5 Å². The summed E-state index contributed by atoms with van der Waals surface area (Å²) in [6.45, 7) is 2.46. The van der Waals surface area contributed by atoms with Crippen molar-refractivity contribution in [2.45, 2.75) is 19.4 Å². The van der Waals surface area contributed by atoms with Crippen LogP contribution in [0.3, 0.4) is 0 Å². The van der Waals surface area contributed by atoms with Crippen LogP contribution in [0.1, 0.15) is 17.5 Å². The number of benzene rings is 2. The number of carbonyl (C=O) groups is 1. The summed E-state index contributed by atoms with van der Waals surface area (Å²) in [5.41, 5.74) is 2.10. The molecule has 2 aromatic carbocycles. The number of hydrogen-bond donors (Lipinski definition) is 1. The molecular formula is C22H30N2O4. The fraction of sp³-hybridized carbons (Fsp3) is 0.409. The van der Waals surface area contributed by atoms with E-state index >= 15 is 0 Å². The highest BCUT2D eigenvalue weighted by Crippen LogP contribution is 2.38. The molecule has 0 unspecified atom stereocenters. The Morgan fingerprint density at radius 1 is 0.964 bits per heavy atom. The van der Waals surface area contributed by atoms with Gasteiger partial charge < -0.3 is 24.4 Å². The van der Waals surface area contributed by atoms with E-state index in [1.807, 2.05) is 18.2 Å². The van der Waals surface area contributed by atoms with Gasteiger partial charge in [-0.05, 0) is 43.3 Å². The average Bonchev–Trinajstić information content (AvgIpc) is 2.71. The molecule has 0 saturated heterocycles. The van der Waals surface area contributed by atoms with Crippen LogP contribution in [-0.4, -0.2) is 52.3 Å². The standard InChI is InChI=1S/C22H30N2O4/c1-24(16-17-9-6-5-7-10-17)12-8-11-23-21(25)15-18-13-19(26-2)22(28-4)20(14-18)27-3/h5-7,9-10,13-14H,8,11-12,15-16H2,1-4H3,(H,23,25). The maximum absolute atomic E-state index is 12.3. The lowest BCUT2D eigenvalue weighted by atomic mass is 10.1. The van der Waals surface area contributed by atoms with E-state index in [-0.39, 0.29) is 12.3 Å². The van der Waals surface area contributed by atoms with Crippen molar-refractivity contribution in [3.63, 3.8) is 0 Å². The van der Waals surface area contributed by atoms with Gasteiger partial charge in [0.1, 0.15) is 0 Å². The molecule has 0 atom stereocenters. The average molecular weight is 386 g/mol. The highest BCUT2D eigenvalue weighted by Gasteiger charge is 2.14. The third kappa shape index (κ3) is 6.46. The van der Waals surface area contributed by atoms with Gasteiger partial charge in [0.25, 0.3) is 0 Å². The smallest absolute Gasteiger partial charge is 0.224 e. The van der Waals surface area contributed by atoms with Crippen LogP contribution in [0.25, 0.3) is 0 Å². The number of ether oxygens (including phenoxy) is 3. The van der Waals surface area contributed by atoms with Gasteiger partial charge in [0.05, 0.1) is 27.8 Å². The van der Waals surface area contributed by atoms with E-state index in [0.29, 0.717) is 23.8 Å². The van der Waals surface area contributed by atoms with E-state index in [0.717, 1.165) is 25.1 Å². The highest BCUT2D eigenvalue weighted by molar-refractivity contribution is 5.79. The summed E-state index contributed by atoms with van der Waals surface area (Å²) < 4.78 is 16.0. The summed E-state index contributed by atoms with van der Waals surface area (Å²) in [5, 5.41) is 2.98. The van der Waals surface area contributed by atoms with Crippen molar-refractivity contribution >= 4 is 5.91 Å². The van der Waals surface area contributed by atoms with Gasteiger partial charge in [-0.2, -0.15) is 0 Å². The Bertz CT molecular complexity index is 724. The molecule has 0 aliphatic carbocycles. The summed E-state index contributed by atoms with van der Waals surface area (Å²) in [7, 11) is 6.77. The van der Waals surface area contributed by atoms with Crippen molar-refractivity contribution in [3.05, 3.63) is 53.6 Å². The van der Waals surface area contributed by atoms with Gasteiger partial charge in [0.2, 0.25) is 11.7 Å². The first-order chi connectivity index (χ1) is 13.6. The van der Waals surface area contributed by atoms with Crippen molar-refractivity contribution in [3.8, 4) is 17.2 Å². The molecule has 0 bridgehead atoms. The van der Waals surface area contributed by atoms with Crippen LogP contribution in [0.4, 0.5) is 0 Å². The van der Waals surface area contributed by atoms with Crippen LogP contribution < -0.4 is 19.5 Å². The summed E-state index contributed by atoms with van der Waals surface area (Å²) in [4.78, 5) is 14.5. The Morgan fingerprint density at radius 2 is 1.61 bits per heavy atom. The molecule has 1 amide bonds. The Hall–Kier alpha value is -2.73. The number of rotatable bonds is 11. The Kier molecular flexibility index (Phi) is 8.62. The van der Waals surface area contributed by atoms with Gasteiger partial charge in [-0.15, -0.1) is 0 Å². The van der Waals surface area contributed by atoms with Crippen molar-refractivity contribution in [2.24, 2.45) is 0 Å². The largest absolute Gasteiger partial charge is 0.493 e. The van der Waals surface area contributed by atoms with Gasteiger partial charge in [-0.3, -0.25) is 4.79 Å². The summed E-state index contributed by atoms with van der Waals surface area (Å²) in [6.07, 6.45) is 1.15. The normalized spacial score (nSPS) is 10.6. The number of carbonyl (C=O) groups excluding carboxylic acids is 1. The molecule has 1 N–H and O–H groups in total. The summed E-state index contributed by atoms with van der Waals surface area (Å²) in [5.74, 6) is 1.59. The summed E-state index contributed by atoms with van der Waals surface area (Å²) in [6, 6.07) is 14.0. The maximum Gasteiger partial charge on any atom is 0.224 e. The molecule has 2 rings (SSSR count). The second-order valence-corrected chi connectivity index (χ2v) is 6.64. The number of amides is 1. The first-order valence-corrected chi connectivity index (χ1v) is 9.35. The molecule has 2 aromatic rings. The molecule has 0 aliphatic heterocycles.